The highest BCUT2D eigenvalue weighted by Gasteiger charge is 2.03. The molecule has 1 aromatic heterocycles. The predicted octanol–water partition coefficient (Wildman–Crippen LogP) is 0.746. The molecule has 0 atom stereocenters. The maximum absolute atomic E-state index is 12.0. The molecular weight excluding hydrogens is 236 g/mol. The highest BCUT2D eigenvalue weighted by molar-refractivity contribution is 5.85. The summed E-state index contributed by atoms with van der Waals surface area (Å²) in [6, 6.07) is 4.32. The summed E-state index contributed by atoms with van der Waals surface area (Å²) in [4.78, 5) is 27.0. The molecule has 1 heterocycles. The van der Waals surface area contributed by atoms with Crippen LogP contribution >= 0.6 is 0 Å². The molecule has 0 radical (unpaired) electrons. The molecular formula is C12H10N2O4. The Morgan fingerprint density at radius 3 is 3.00 bits per heavy atom. The number of benzene rings is 1. The maximum atomic E-state index is 12.0. The first kappa shape index (κ1) is 11.8. The van der Waals surface area contributed by atoms with Crippen LogP contribution in [0.5, 0.6) is 5.75 Å². The Hall–Kier alpha value is -2.63. The number of ether oxygens (including phenoxy) is 1. The van der Waals surface area contributed by atoms with Gasteiger partial charge in [0.25, 0.3) is 5.56 Å². The number of fused-ring (bicyclic) bond motifs is 1. The van der Waals surface area contributed by atoms with Gasteiger partial charge in [-0.2, -0.15) is 0 Å². The number of hydrogen-bond donors (Lipinski definition) is 1. The molecule has 0 saturated carbocycles. The minimum absolute atomic E-state index is 0.0175. The van der Waals surface area contributed by atoms with Gasteiger partial charge in [-0.25, -0.2) is 9.78 Å². The lowest BCUT2D eigenvalue weighted by Gasteiger charge is -2.01. The fourth-order valence-electron chi connectivity index (χ4n) is 1.44. The van der Waals surface area contributed by atoms with Gasteiger partial charge in [0.2, 0.25) is 0 Å². The molecule has 1 aromatic carbocycles. The van der Waals surface area contributed by atoms with Crippen LogP contribution in [-0.2, 0) is 9.53 Å². The molecule has 0 saturated heterocycles. The van der Waals surface area contributed by atoms with Gasteiger partial charge in [0.05, 0.1) is 18.0 Å². The predicted molar refractivity (Wildman–Crippen MR) is 65.0 cm³/mol. The Morgan fingerprint density at radius 1 is 1.50 bits per heavy atom. The fraction of sp³-hybridized carbons (Fsp3) is 0.0833. The van der Waals surface area contributed by atoms with Crippen molar-refractivity contribution in [2.75, 3.05) is 7.11 Å². The lowest BCUT2D eigenvalue weighted by atomic mass is 10.2. The van der Waals surface area contributed by atoms with Crippen molar-refractivity contribution in [1.29, 1.82) is 0 Å². The Bertz CT molecular complexity index is 688. The lowest BCUT2D eigenvalue weighted by Crippen LogP contribution is -2.16. The molecule has 0 fully saturated rings. The van der Waals surface area contributed by atoms with Crippen LogP contribution < -0.4 is 5.56 Å². The number of phenolic OH excluding ortho intramolecular Hbond substituents is 1. The van der Waals surface area contributed by atoms with Crippen molar-refractivity contribution in [2.45, 2.75) is 0 Å². The number of rotatable bonds is 2. The normalized spacial score (nSPS) is 10.9. The Morgan fingerprint density at radius 2 is 2.28 bits per heavy atom. The minimum atomic E-state index is -0.571. The SMILES string of the molecule is COC(=O)C=Cn1cnc2ccc(O)cc2c1=O. The molecule has 0 amide bonds. The molecule has 0 aliphatic rings. The molecule has 0 unspecified atom stereocenters. The number of nitrogens with zero attached hydrogens (tertiary/aromatic N) is 2. The maximum Gasteiger partial charge on any atom is 0.331 e. The van der Waals surface area contributed by atoms with Crippen LogP contribution in [0.3, 0.4) is 0 Å². The molecule has 6 nitrogen and oxygen atoms in total. The van der Waals surface area contributed by atoms with Crippen LogP contribution in [0.2, 0.25) is 0 Å². The van der Waals surface area contributed by atoms with Crippen LogP contribution in [-0.4, -0.2) is 27.7 Å². The number of methoxy groups -OCH3 is 1. The van der Waals surface area contributed by atoms with Crippen molar-refractivity contribution in [3.8, 4) is 5.75 Å². The number of esters is 1. The molecule has 18 heavy (non-hydrogen) atoms. The average molecular weight is 246 g/mol. The van der Waals surface area contributed by atoms with Crippen LogP contribution in [0.1, 0.15) is 0 Å². The van der Waals surface area contributed by atoms with Crippen LogP contribution in [0.4, 0.5) is 0 Å². The van der Waals surface area contributed by atoms with Crippen molar-refractivity contribution >= 4 is 23.1 Å². The summed E-state index contributed by atoms with van der Waals surface area (Å²) in [5, 5.41) is 9.60. The molecule has 2 rings (SSSR count). The molecule has 92 valence electrons. The van der Waals surface area contributed by atoms with E-state index < -0.39 is 5.97 Å². The van der Waals surface area contributed by atoms with Gasteiger partial charge in [-0.1, -0.05) is 0 Å². The van der Waals surface area contributed by atoms with Gasteiger partial charge < -0.3 is 9.84 Å². The van der Waals surface area contributed by atoms with Gasteiger partial charge in [0, 0.05) is 12.3 Å². The number of aromatic nitrogens is 2. The summed E-state index contributed by atoms with van der Waals surface area (Å²) in [6.07, 6.45) is 3.66. The van der Waals surface area contributed by atoms with Gasteiger partial charge in [-0.15, -0.1) is 0 Å². The first-order chi connectivity index (χ1) is 8.61. The largest absolute Gasteiger partial charge is 0.508 e. The standard InChI is InChI=1S/C12H10N2O4/c1-18-11(16)4-5-14-7-13-10-3-2-8(15)6-9(10)12(14)17/h2-7,15H,1H3. The summed E-state index contributed by atoms with van der Waals surface area (Å²) in [5.74, 6) is -0.589. The van der Waals surface area contributed by atoms with E-state index in [2.05, 4.69) is 9.72 Å². The minimum Gasteiger partial charge on any atom is -0.508 e. The number of carbonyl (C=O) groups is 1. The molecule has 6 heteroatoms. The van der Waals surface area contributed by atoms with E-state index in [4.69, 9.17) is 0 Å². The highest BCUT2D eigenvalue weighted by Crippen LogP contribution is 2.14. The summed E-state index contributed by atoms with van der Waals surface area (Å²) in [7, 11) is 1.24. The van der Waals surface area contributed by atoms with E-state index in [0.29, 0.717) is 5.52 Å². The van der Waals surface area contributed by atoms with Gasteiger partial charge in [0.15, 0.2) is 0 Å². The van der Waals surface area contributed by atoms with Crippen molar-refractivity contribution in [3.05, 3.63) is 41.0 Å². The first-order valence-corrected chi connectivity index (χ1v) is 5.08. The lowest BCUT2D eigenvalue weighted by molar-refractivity contribution is -0.134. The summed E-state index contributed by atoms with van der Waals surface area (Å²) >= 11 is 0. The number of aromatic hydroxyl groups is 1. The van der Waals surface area contributed by atoms with Gasteiger partial charge >= 0.3 is 5.97 Å². The summed E-state index contributed by atoms with van der Waals surface area (Å²) < 4.78 is 5.55. The fourth-order valence-corrected chi connectivity index (χ4v) is 1.44. The second kappa shape index (κ2) is 4.70. The van der Waals surface area contributed by atoms with Crippen molar-refractivity contribution < 1.29 is 14.6 Å². The highest BCUT2D eigenvalue weighted by atomic mass is 16.5. The van der Waals surface area contributed by atoms with Gasteiger partial charge in [0.1, 0.15) is 12.1 Å². The third-order valence-electron chi connectivity index (χ3n) is 2.34. The number of carbonyl (C=O) groups excluding carboxylic acids is 1. The second-order valence-corrected chi connectivity index (χ2v) is 3.50. The quantitative estimate of drug-likeness (QED) is 0.624. The van der Waals surface area contributed by atoms with Crippen molar-refractivity contribution in [2.24, 2.45) is 0 Å². The molecule has 0 spiro atoms. The number of phenols is 1. The second-order valence-electron chi connectivity index (χ2n) is 3.50. The van der Waals surface area contributed by atoms with E-state index in [0.717, 1.165) is 10.6 Å². The van der Waals surface area contributed by atoms with Gasteiger partial charge in [-0.05, 0) is 18.2 Å². The van der Waals surface area contributed by atoms with Crippen LogP contribution in [0.25, 0.3) is 17.1 Å². The molecule has 0 bridgehead atoms. The Balaban J connectivity index is 2.54. The summed E-state index contributed by atoms with van der Waals surface area (Å²) in [6.45, 7) is 0. The molecule has 1 N–H and O–H groups in total. The summed E-state index contributed by atoms with van der Waals surface area (Å²) in [5.41, 5.74) is 0.0940. The van der Waals surface area contributed by atoms with Crippen molar-refractivity contribution in [3.63, 3.8) is 0 Å². The van der Waals surface area contributed by atoms with E-state index in [1.807, 2.05) is 0 Å². The first-order valence-electron chi connectivity index (χ1n) is 5.08. The van der Waals surface area contributed by atoms with Crippen LogP contribution in [0, 0.1) is 0 Å². The van der Waals surface area contributed by atoms with Crippen molar-refractivity contribution in [1.82, 2.24) is 9.55 Å². The zero-order chi connectivity index (χ0) is 13.1. The zero-order valence-corrected chi connectivity index (χ0v) is 9.53. The number of hydrogen-bond acceptors (Lipinski definition) is 5. The third-order valence-corrected chi connectivity index (χ3v) is 2.34. The zero-order valence-electron chi connectivity index (χ0n) is 9.53. The Kier molecular flexibility index (Phi) is 3.09. The smallest absolute Gasteiger partial charge is 0.331 e. The topological polar surface area (TPSA) is 81.4 Å². The molecule has 0 aliphatic carbocycles. The van der Waals surface area contributed by atoms with Gasteiger partial charge in [-0.3, -0.25) is 9.36 Å². The van der Waals surface area contributed by atoms with E-state index in [1.165, 1.54) is 31.8 Å². The molecule has 0 aliphatic heterocycles. The monoisotopic (exact) mass is 246 g/mol. The average Bonchev–Trinajstić information content (AvgIpc) is 2.38. The van der Waals surface area contributed by atoms with E-state index in [1.54, 1.807) is 6.07 Å². The Labute approximate surface area is 102 Å². The van der Waals surface area contributed by atoms with E-state index >= 15 is 0 Å². The third kappa shape index (κ3) is 2.22. The van der Waals surface area contributed by atoms with E-state index in [9.17, 15) is 14.7 Å². The van der Waals surface area contributed by atoms with Crippen LogP contribution in [0.15, 0.2) is 35.4 Å². The molecule has 2 aromatic rings. The van der Waals surface area contributed by atoms with E-state index in [-0.39, 0.29) is 16.7 Å².